The summed E-state index contributed by atoms with van der Waals surface area (Å²) in [7, 11) is -3.33. The molecule has 0 aliphatic carbocycles. The molecule has 0 saturated carbocycles. The number of aryl methyl sites for hydroxylation is 2. The highest BCUT2D eigenvalue weighted by Gasteiger charge is 2.25. The average molecular weight is 402 g/mol. The van der Waals surface area contributed by atoms with Crippen LogP contribution < -0.4 is 0 Å². The minimum Gasteiger partial charge on any atom is -0.379 e. The van der Waals surface area contributed by atoms with Crippen LogP contribution in [0.1, 0.15) is 25.6 Å². The molecule has 0 amide bonds. The SMILES string of the molecule is CCCCc1nc(-c2nccn2CCS(=O)(=O)N2CCOCC2)c(Cl)[nH]1. The number of aromatic amines is 1. The van der Waals surface area contributed by atoms with Gasteiger partial charge in [-0.05, 0) is 6.42 Å². The highest BCUT2D eigenvalue weighted by Crippen LogP contribution is 2.25. The Hall–Kier alpha value is -1.42. The molecule has 26 heavy (non-hydrogen) atoms. The van der Waals surface area contributed by atoms with Gasteiger partial charge in [0.1, 0.15) is 16.7 Å². The Morgan fingerprint density at radius 1 is 1.35 bits per heavy atom. The van der Waals surface area contributed by atoms with E-state index < -0.39 is 10.0 Å². The van der Waals surface area contributed by atoms with Crippen LogP contribution in [-0.4, -0.2) is 64.3 Å². The van der Waals surface area contributed by atoms with Crippen LogP contribution in [0, 0.1) is 0 Å². The lowest BCUT2D eigenvalue weighted by Crippen LogP contribution is -2.42. The largest absolute Gasteiger partial charge is 0.379 e. The van der Waals surface area contributed by atoms with Crippen molar-refractivity contribution in [1.82, 2.24) is 23.8 Å². The lowest BCUT2D eigenvalue weighted by atomic mass is 10.2. The maximum absolute atomic E-state index is 12.5. The summed E-state index contributed by atoms with van der Waals surface area (Å²) in [4.78, 5) is 11.9. The fourth-order valence-corrected chi connectivity index (χ4v) is 4.51. The van der Waals surface area contributed by atoms with Crippen molar-refractivity contribution >= 4 is 21.6 Å². The molecule has 10 heteroatoms. The van der Waals surface area contributed by atoms with Crippen molar-refractivity contribution in [2.24, 2.45) is 0 Å². The molecule has 1 N–H and O–H groups in total. The van der Waals surface area contributed by atoms with E-state index in [9.17, 15) is 8.42 Å². The van der Waals surface area contributed by atoms with Crippen LogP contribution in [0.4, 0.5) is 0 Å². The number of ether oxygens (including phenoxy) is 1. The van der Waals surface area contributed by atoms with E-state index in [0.29, 0.717) is 49.5 Å². The first-order chi connectivity index (χ1) is 12.5. The zero-order valence-electron chi connectivity index (χ0n) is 14.8. The molecular formula is C16H24ClN5O3S. The van der Waals surface area contributed by atoms with Crippen LogP contribution in [0.5, 0.6) is 0 Å². The summed E-state index contributed by atoms with van der Waals surface area (Å²) in [6.07, 6.45) is 6.30. The number of aromatic nitrogens is 4. The van der Waals surface area contributed by atoms with Gasteiger partial charge >= 0.3 is 0 Å². The summed E-state index contributed by atoms with van der Waals surface area (Å²) in [5, 5.41) is 0.430. The third-order valence-electron chi connectivity index (χ3n) is 4.36. The first-order valence-corrected chi connectivity index (χ1v) is 10.8. The second kappa shape index (κ2) is 8.51. The summed E-state index contributed by atoms with van der Waals surface area (Å²) in [5.41, 5.74) is 0.562. The van der Waals surface area contributed by atoms with E-state index >= 15 is 0 Å². The molecule has 0 bridgehead atoms. The number of sulfonamides is 1. The van der Waals surface area contributed by atoms with Gasteiger partial charge in [-0.3, -0.25) is 0 Å². The molecule has 3 rings (SSSR count). The molecule has 0 radical (unpaired) electrons. The van der Waals surface area contributed by atoms with E-state index in [4.69, 9.17) is 16.3 Å². The van der Waals surface area contributed by atoms with Crippen LogP contribution in [0.2, 0.25) is 5.15 Å². The van der Waals surface area contributed by atoms with E-state index in [0.717, 1.165) is 25.1 Å². The Balaban J connectivity index is 1.72. The molecule has 0 atom stereocenters. The average Bonchev–Trinajstić information content (AvgIpc) is 3.25. The third kappa shape index (κ3) is 4.46. The normalized spacial score (nSPS) is 16.2. The van der Waals surface area contributed by atoms with E-state index in [1.54, 1.807) is 17.0 Å². The van der Waals surface area contributed by atoms with Crippen molar-refractivity contribution < 1.29 is 13.2 Å². The van der Waals surface area contributed by atoms with Crippen molar-refractivity contribution in [2.45, 2.75) is 32.7 Å². The molecule has 2 aromatic rings. The number of unbranched alkanes of at least 4 members (excludes halogenated alkanes) is 1. The second-order valence-corrected chi connectivity index (χ2v) is 8.69. The molecule has 2 aromatic heterocycles. The van der Waals surface area contributed by atoms with Gasteiger partial charge in [-0.15, -0.1) is 0 Å². The first kappa shape index (κ1) is 19.3. The molecule has 0 unspecified atom stereocenters. The Bertz CT molecular complexity index is 827. The summed E-state index contributed by atoms with van der Waals surface area (Å²) in [6.45, 7) is 4.11. The zero-order chi connectivity index (χ0) is 18.6. The van der Waals surface area contributed by atoms with Gasteiger partial charge in [0.15, 0.2) is 5.82 Å². The molecule has 3 heterocycles. The number of halogens is 1. The maximum atomic E-state index is 12.5. The standard InChI is InChI=1S/C16H24ClN5O3S/c1-2-3-4-13-19-14(15(17)20-13)16-18-5-6-21(16)9-12-26(23,24)22-7-10-25-11-8-22/h5-6H,2-4,7-12H2,1H3,(H,19,20). The van der Waals surface area contributed by atoms with E-state index in [2.05, 4.69) is 21.9 Å². The number of H-pyrrole nitrogens is 1. The van der Waals surface area contributed by atoms with Gasteiger partial charge in [-0.2, -0.15) is 4.31 Å². The maximum Gasteiger partial charge on any atom is 0.216 e. The highest BCUT2D eigenvalue weighted by atomic mass is 35.5. The Morgan fingerprint density at radius 3 is 2.85 bits per heavy atom. The quantitative estimate of drug-likeness (QED) is 0.729. The second-order valence-electron chi connectivity index (χ2n) is 6.22. The van der Waals surface area contributed by atoms with Gasteiger partial charge in [-0.1, -0.05) is 24.9 Å². The molecule has 1 fully saturated rings. The number of nitrogens with one attached hydrogen (secondary N) is 1. The number of rotatable bonds is 8. The Morgan fingerprint density at radius 2 is 2.12 bits per heavy atom. The Kier molecular flexibility index (Phi) is 6.33. The predicted molar refractivity (Wildman–Crippen MR) is 99.6 cm³/mol. The molecule has 1 aliphatic heterocycles. The third-order valence-corrected chi connectivity index (χ3v) is 6.48. The van der Waals surface area contributed by atoms with E-state index in [-0.39, 0.29) is 5.75 Å². The van der Waals surface area contributed by atoms with Crippen molar-refractivity contribution in [1.29, 1.82) is 0 Å². The van der Waals surface area contributed by atoms with Gasteiger partial charge in [0.05, 0.1) is 19.0 Å². The molecule has 8 nitrogen and oxygen atoms in total. The van der Waals surface area contributed by atoms with Crippen LogP contribution in [0.25, 0.3) is 11.5 Å². The summed E-state index contributed by atoms with van der Waals surface area (Å²) in [6, 6.07) is 0. The molecule has 1 saturated heterocycles. The number of morpholine rings is 1. The Labute approximate surface area is 158 Å². The number of hydrogen-bond donors (Lipinski definition) is 1. The highest BCUT2D eigenvalue weighted by molar-refractivity contribution is 7.89. The lowest BCUT2D eigenvalue weighted by molar-refractivity contribution is 0.0730. The lowest BCUT2D eigenvalue weighted by Gasteiger charge is -2.26. The van der Waals surface area contributed by atoms with Crippen LogP contribution in [0.15, 0.2) is 12.4 Å². The van der Waals surface area contributed by atoms with Gasteiger partial charge in [0.2, 0.25) is 10.0 Å². The molecule has 144 valence electrons. The molecule has 0 spiro atoms. The molecule has 1 aliphatic rings. The van der Waals surface area contributed by atoms with Crippen molar-refractivity contribution in [2.75, 3.05) is 32.1 Å². The number of hydrogen-bond acceptors (Lipinski definition) is 5. The zero-order valence-corrected chi connectivity index (χ0v) is 16.4. The van der Waals surface area contributed by atoms with Gasteiger partial charge in [0.25, 0.3) is 0 Å². The number of nitrogens with zero attached hydrogens (tertiary/aromatic N) is 4. The summed E-state index contributed by atoms with van der Waals surface area (Å²) >= 11 is 6.29. The topological polar surface area (TPSA) is 93.1 Å². The first-order valence-electron chi connectivity index (χ1n) is 8.82. The summed E-state index contributed by atoms with van der Waals surface area (Å²) in [5.74, 6) is 1.40. The smallest absolute Gasteiger partial charge is 0.216 e. The van der Waals surface area contributed by atoms with E-state index in [1.165, 1.54) is 4.31 Å². The minimum atomic E-state index is -3.33. The predicted octanol–water partition coefficient (Wildman–Crippen LogP) is 1.93. The fraction of sp³-hybridized carbons (Fsp3) is 0.625. The van der Waals surface area contributed by atoms with E-state index in [1.807, 2.05) is 0 Å². The number of imidazole rings is 2. The van der Waals surface area contributed by atoms with Crippen LogP contribution >= 0.6 is 11.6 Å². The molecule has 0 aromatic carbocycles. The molecular weight excluding hydrogens is 378 g/mol. The van der Waals surface area contributed by atoms with Crippen LogP contribution in [-0.2, 0) is 27.7 Å². The van der Waals surface area contributed by atoms with Crippen molar-refractivity contribution in [3.8, 4) is 11.5 Å². The van der Waals surface area contributed by atoms with Gasteiger partial charge < -0.3 is 14.3 Å². The fourth-order valence-electron chi connectivity index (χ4n) is 2.88. The minimum absolute atomic E-state index is 0.00109. The van der Waals surface area contributed by atoms with Crippen molar-refractivity contribution in [3.05, 3.63) is 23.4 Å². The van der Waals surface area contributed by atoms with Gasteiger partial charge in [0, 0.05) is 38.4 Å². The van der Waals surface area contributed by atoms with Crippen LogP contribution in [0.3, 0.4) is 0 Å². The summed E-state index contributed by atoms with van der Waals surface area (Å²) < 4.78 is 33.5. The van der Waals surface area contributed by atoms with Gasteiger partial charge in [-0.25, -0.2) is 18.4 Å². The van der Waals surface area contributed by atoms with Crippen molar-refractivity contribution in [3.63, 3.8) is 0 Å². The monoisotopic (exact) mass is 401 g/mol.